The summed E-state index contributed by atoms with van der Waals surface area (Å²) < 4.78 is 24.9. The second-order valence-electron chi connectivity index (χ2n) is 5.96. The van der Waals surface area contributed by atoms with Gasteiger partial charge in [0, 0.05) is 16.3 Å². The summed E-state index contributed by atoms with van der Waals surface area (Å²) in [5, 5.41) is 2.95. The largest absolute Gasteiger partial charge is 0.494 e. The maximum absolute atomic E-state index is 13.8. The molecule has 0 atom stereocenters. The summed E-state index contributed by atoms with van der Waals surface area (Å²) in [7, 11) is 0. The van der Waals surface area contributed by atoms with Crippen LogP contribution in [0.2, 0.25) is 5.02 Å². The predicted molar refractivity (Wildman–Crippen MR) is 108 cm³/mol. The number of carbonyl (C=O) groups is 1. The number of hydrogen-bond acceptors (Lipinski definition) is 3. The molecule has 28 heavy (non-hydrogen) atoms. The number of nitrogens with one attached hydrogen (secondary N) is 1. The van der Waals surface area contributed by atoms with Crippen molar-refractivity contribution in [3.05, 3.63) is 83.1 Å². The lowest BCUT2D eigenvalue weighted by Gasteiger charge is -2.10. The summed E-state index contributed by atoms with van der Waals surface area (Å²) in [4.78, 5) is 12.2. The monoisotopic (exact) mass is 399 g/mol. The lowest BCUT2D eigenvalue weighted by molar-refractivity contribution is -0.115. The number of ether oxygens (including phenoxy) is 2. The summed E-state index contributed by atoms with van der Waals surface area (Å²) in [6.07, 6.45) is -0.143. The minimum Gasteiger partial charge on any atom is -0.494 e. The number of rotatable bonds is 7. The molecule has 0 heterocycles. The smallest absolute Gasteiger partial charge is 0.228 e. The standard InChI is InChI=1S/C22H19ClFNO3/c1-2-27-16-10-12-18(13-11-16)28-17-8-6-15(7-9-17)25-22(26)14-19-20(23)4-3-5-21(19)24/h3-13H,2,14H2,1H3,(H,25,26). The third kappa shape index (κ3) is 5.24. The molecule has 4 nitrogen and oxygen atoms in total. The maximum atomic E-state index is 13.8. The van der Waals surface area contributed by atoms with E-state index in [0.717, 1.165) is 5.75 Å². The molecule has 0 aromatic heterocycles. The molecule has 3 aromatic carbocycles. The summed E-state index contributed by atoms with van der Waals surface area (Å²) in [6, 6.07) is 18.5. The van der Waals surface area contributed by atoms with Gasteiger partial charge in [-0.25, -0.2) is 4.39 Å². The van der Waals surface area contributed by atoms with Gasteiger partial charge in [-0.05, 0) is 67.6 Å². The lowest BCUT2D eigenvalue weighted by Crippen LogP contribution is -2.15. The summed E-state index contributed by atoms with van der Waals surface area (Å²) in [5.41, 5.74) is 0.758. The molecule has 3 rings (SSSR count). The number of amides is 1. The molecule has 1 N–H and O–H groups in total. The highest BCUT2D eigenvalue weighted by Gasteiger charge is 2.12. The van der Waals surface area contributed by atoms with Crippen molar-refractivity contribution in [1.29, 1.82) is 0 Å². The minimum absolute atomic E-state index is 0.143. The highest BCUT2D eigenvalue weighted by Crippen LogP contribution is 2.25. The Balaban J connectivity index is 1.58. The predicted octanol–water partition coefficient (Wildman–Crippen LogP) is 5.85. The van der Waals surface area contributed by atoms with Crippen molar-refractivity contribution < 1.29 is 18.7 Å². The van der Waals surface area contributed by atoms with Crippen LogP contribution in [0.3, 0.4) is 0 Å². The van der Waals surface area contributed by atoms with Crippen LogP contribution in [0.5, 0.6) is 17.2 Å². The van der Waals surface area contributed by atoms with Gasteiger partial charge in [-0.3, -0.25) is 4.79 Å². The first-order valence-electron chi connectivity index (χ1n) is 8.78. The van der Waals surface area contributed by atoms with Gasteiger partial charge in [-0.2, -0.15) is 0 Å². The van der Waals surface area contributed by atoms with Crippen LogP contribution in [-0.4, -0.2) is 12.5 Å². The molecule has 0 unspecified atom stereocenters. The summed E-state index contributed by atoms with van der Waals surface area (Å²) in [6.45, 7) is 2.53. The van der Waals surface area contributed by atoms with Crippen molar-refractivity contribution >= 4 is 23.2 Å². The van der Waals surface area contributed by atoms with Gasteiger partial charge in [0.25, 0.3) is 0 Å². The Morgan fingerprint density at radius 1 is 0.964 bits per heavy atom. The van der Waals surface area contributed by atoms with Crippen molar-refractivity contribution in [3.63, 3.8) is 0 Å². The number of anilines is 1. The quantitative estimate of drug-likeness (QED) is 0.542. The molecule has 0 aliphatic carbocycles. The number of benzene rings is 3. The van der Waals surface area contributed by atoms with Gasteiger partial charge in [0.15, 0.2) is 0 Å². The zero-order chi connectivity index (χ0) is 19.9. The van der Waals surface area contributed by atoms with E-state index < -0.39 is 5.82 Å². The van der Waals surface area contributed by atoms with Crippen LogP contribution in [0.1, 0.15) is 12.5 Å². The van der Waals surface area contributed by atoms with Crippen LogP contribution < -0.4 is 14.8 Å². The minimum atomic E-state index is -0.498. The fourth-order valence-corrected chi connectivity index (χ4v) is 2.81. The molecule has 0 fully saturated rings. The summed E-state index contributed by atoms with van der Waals surface area (Å²) in [5.74, 6) is 1.23. The molecule has 0 radical (unpaired) electrons. The van der Waals surface area contributed by atoms with E-state index in [0.29, 0.717) is 23.8 Å². The Kier molecular flexibility index (Phi) is 6.50. The van der Waals surface area contributed by atoms with E-state index in [4.69, 9.17) is 21.1 Å². The molecule has 3 aromatic rings. The second-order valence-corrected chi connectivity index (χ2v) is 6.36. The molecule has 144 valence electrons. The molecule has 0 aliphatic rings. The van der Waals surface area contributed by atoms with Crippen LogP contribution in [-0.2, 0) is 11.2 Å². The third-order valence-electron chi connectivity index (χ3n) is 3.91. The average Bonchev–Trinajstić information content (AvgIpc) is 2.68. The highest BCUT2D eigenvalue weighted by atomic mass is 35.5. The average molecular weight is 400 g/mol. The Labute approximate surface area is 167 Å². The lowest BCUT2D eigenvalue weighted by atomic mass is 10.1. The van der Waals surface area contributed by atoms with E-state index in [1.807, 2.05) is 31.2 Å². The first kappa shape index (κ1) is 19.7. The number of hydrogen-bond donors (Lipinski definition) is 1. The van der Waals surface area contributed by atoms with Crippen LogP contribution in [0.25, 0.3) is 0 Å². The van der Waals surface area contributed by atoms with Gasteiger partial charge in [0.05, 0.1) is 13.0 Å². The fourth-order valence-electron chi connectivity index (χ4n) is 2.58. The van der Waals surface area contributed by atoms with Gasteiger partial charge >= 0.3 is 0 Å². The van der Waals surface area contributed by atoms with E-state index in [2.05, 4.69) is 5.32 Å². The highest BCUT2D eigenvalue weighted by molar-refractivity contribution is 6.31. The second kappa shape index (κ2) is 9.24. The van der Waals surface area contributed by atoms with Crippen LogP contribution >= 0.6 is 11.6 Å². The number of halogens is 2. The topological polar surface area (TPSA) is 47.6 Å². The first-order chi connectivity index (χ1) is 13.5. The van der Waals surface area contributed by atoms with Crippen LogP contribution in [0, 0.1) is 5.82 Å². The number of carbonyl (C=O) groups excluding carboxylic acids is 1. The molecule has 0 aliphatic heterocycles. The first-order valence-corrected chi connectivity index (χ1v) is 9.16. The van der Waals surface area contributed by atoms with Crippen molar-refractivity contribution in [2.24, 2.45) is 0 Å². The van der Waals surface area contributed by atoms with E-state index >= 15 is 0 Å². The van der Waals surface area contributed by atoms with Gasteiger partial charge in [0.2, 0.25) is 5.91 Å². The maximum Gasteiger partial charge on any atom is 0.228 e. The fraction of sp³-hybridized carbons (Fsp3) is 0.136. The SMILES string of the molecule is CCOc1ccc(Oc2ccc(NC(=O)Cc3c(F)cccc3Cl)cc2)cc1. The van der Waals surface area contributed by atoms with E-state index in [-0.39, 0.29) is 22.9 Å². The Morgan fingerprint density at radius 2 is 1.57 bits per heavy atom. The van der Waals surface area contributed by atoms with Gasteiger partial charge in [-0.15, -0.1) is 0 Å². The molecular weight excluding hydrogens is 381 g/mol. The van der Waals surface area contributed by atoms with Gasteiger partial charge in [-0.1, -0.05) is 17.7 Å². The van der Waals surface area contributed by atoms with E-state index in [1.165, 1.54) is 12.1 Å². The van der Waals surface area contributed by atoms with Crippen molar-refractivity contribution in [1.82, 2.24) is 0 Å². The van der Waals surface area contributed by atoms with E-state index in [1.54, 1.807) is 30.3 Å². The molecule has 1 amide bonds. The molecule has 0 saturated heterocycles. The van der Waals surface area contributed by atoms with Crippen molar-refractivity contribution in [3.8, 4) is 17.2 Å². The molecule has 0 saturated carbocycles. The van der Waals surface area contributed by atoms with Crippen molar-refractivity contribution in [2.75, 3.05) is 11.9 Å². The Bertz CT molecular complexity index is 923. The Morgan fingerprint density at radius 3 is 2.18 bits per heavy atom. The van der Waals surface area contributed by atoms with Crippen LogP contribution in [0.15, 0.2) is 66.7 Å². The van der Waals surface area contributed by atoms with Gasteiger partial charge in [0.1, 0.15) is 23.1 Å². The molecular formula is C22H19ClFNO3. The van der Waals surface area contributed by atoms with E-state index in [9.17, 15) is 9.18 Å². The molecule has 6 heteroatoms. The summed E-state index contributed by atoms with van der Waals surface area (Å²) >= 11 is 5.96. The zero-order valence-electron chi connectivity index (χ0n) is 15.2. The molecule has 0 spiro atoms. The van der Waals surface area contributed by atoms with Gasteiger partial charge < -0.3 is 14.8 Å². The third-order valence-corrected chi connectivity index (χ3v) is 4.26. The zero-order valence-corrected chi connectivity index (χ0v) is 16.0. The molecule has 0 bridgehead atoms. The van der Waals surface area contributed by atoms with Crippen LogP contribution in [0.4, 0.5) is 10.1 Å². The Hall–Kier alpha value is -3.05. The normalized spacial score (nSPS) is 10.4. The van der Waals surface area contributed by atoms with Crippen molar-refractivity contribution in [2.45, 2.75) is 13.3 Å².